The van der Waals surface area contributed by atoms with E-state index >= 15 is 0 Å². The van der Waals surface area contributed by atoms with E-state index in [1.165, 1.54) is 0 Å². The molecule has 0 aliphatic rings. The minimum atomic E-state index is -1.14. The summed E-state index contributed by atoms with van der Waals surface area (Å²) in [6.07, 6.45) is -1.90. The van der Waals surface area contributed by atoms with E-state index in [0.717, 1.165) is 16.7 Å². The van der Waals surface area contributed by atoms with Crippen LogP contribution < -0.4 is 16.4 Å². The number of carbonyl (C=O) groups excluding carboxylic acids is 3. The number of aliphatic hydroxyl groups is 1. The van der Waals surface area contributed by atoms with Crippen LogP contribution in [-0.2, 0) is 32.8 Å². The Hall–Kier alpha value is -3.39. The summed E-state index contributed by atoms with van der Waals surface area (Å²) in [5.41, 5.74) is 8.31. The molecule has 0 saturated carbocycles. The molecule has 33 heavy (non-hydrogen) atoms. The zero-order chi connectivity index (χ0) is 24.4. The molecule has 2 aromatic rings. The molecule has 178 valence electrons. The first-order valence-electron chi connectivity index (χ1n) is 10.9. The highest BCUT2D eigenvalue weighted by molar-refractivity contribution is 5.87. The SMILES string of the molecule is CC(C)(C)c1ccc(C[C@H](NC(=O)C[C@@H](O)CNC(=O)OCc2ccccc2)C(N)=O)cc1. The summed E-state index contributed by atoms with van der Waals surface area (Å²) < 4.78 is 5.05. The maximum atomic E-state index is 12.3. The molecule has 0 spiro atoms. The van der Waals surface area contributed by atoms with Crippen LogP contribution in [0.4, 0.5) is 4.79 Å². The van der Waals surface area contributed by atoms with Gasteiger partial charge in [-0.05, 0) is 22.1 Å². The zero-order valence-electron chi connectivity index (χ0n) is 19.3. The van der Waals surface area contributed by atoms with Gasteiger partial charge in [-0.1, -0.05) is 75.4 Å². The lowest BCUT2D eigenvalue weighted by Crippen LogP contribution is -2.47. The third-order valence-corrected chi connectivity index (χ3v) is 5.05. The van der Waals surface area contributed by atoms with Crippen molar-refractivity contribution < 1.29 is 24.2 Å². The molecule has 2 rings (SSSR count). The average molecular weight is 456 g/mol. The van der Waals surface area contributed by atoms with Crippen LogP contribution in [0, 0.1) is 0 Å². The molecule has 0 aromatic heterocycles. The quantitative estimate of drug-likeness (QED) is 0.436. The highest BCUT2D eigenvalue weighted by Gasteiger charge is 2.21. The summed E-state index contributed by atoms with van der Waals surface area (Å²) in [5.74, 6) is -1.21. The largest absolute Gasteiger partial charge is 0.445 e. The third-order valence-electron chi connectivity index (χ3n) is 5.05. The predicted octanol–water partition coefficient (Wildman–Crippen LogP) is 2.17. The van der Waals surface area contributed by atoms with Gasteiger partial charge in [0.05, 0.1) is 12.5 Å². The Kier molecular flexibility index (Phi) is 9.42. The van der Waals surface area contributed by atoms with Crippen molar-refractivity contribution in [3.05, 3.63) is 71.3 Å². The van der Waals surface area contributed by atoms with Crippen LogP contribution in [0.2, 0.25) is 0 Å². The number of primary amides is 1. The smallest absolute Gasteiger partial charge is 0.407 e. The molecule has 3 amide bonds. The first-order chi connectivity index (χ1) is 15.5. The Labute approximate surface area is 194 Å². The van der Waals surface area contributed by atoms with Crippen molar-refractivity contribution in [3.63, 3.8) is 0 Å². The van der Waals surface area contributed by atoms with E-state index in [2.05, 4.69) is 31.4 Å². The number of rotatable bonds is 10. The van der Waals surface area contributed by atoms with Crippen LogP contribution in [0.25, 0.3) is 0 Å². The lowest BCUT2D eigenvalue weighted by Gasteiger charge is -2.20. The van der Waals surface area contributed by atoms with E-state index in [1.807, 2.05) is 54.6 Å². The van der Waals surface area contributed by atoms with Gasteiger partial charge in [0.15, 0.2) is 0 Å². The molecule has 2 atom stereocenters. The summed E-state index contributed by atoms with van der Waals surface area (Å²) in [7, 11) is 0. The van der Waals surface area contributed by atoms with E-state index in [4.69, 9.17) is 10.5 Å². The topological polar surface area (TPSA) is 131 Å². The van der Waals surface area contributed by atoms with Crippen LogP contribution in [0.5, 0.6) is 0 Å². The fourth-order valence-corrected chi connectivity index (χ4v) is 3.11. The van der Waals surface area contributed by atoms with Crippen molar-refractivity contribution >= 4 is 17.9 Å². The van der Waals surface area contributed by atoms with Gasteiger partial charge in [0.1, 0.15) is 12.6 Å². The van der Waals surface area contributed by atoms with Crippen molar-refractivity contribution in [1.29, 1.82) is 0 Å². The number of amides is 3. The van der Waals surface area contributed by atoms with Crippen LogP contribution in [0.15, 0.2) is 54.6 Å². The molecule has 2 aromatic carbocycles. The number of hydrogen-bond donors (Lipinski definition) is 4. The Morgan fingerprint density at radius 2 is 1.64 bits per heavy atom. The minimum Gasteiger partial charge on any atom is -0.445 e. The molecule has 8 nitrogen and oxygen atoms in total. The van der Waals surface area contributed by atoms with E-state index in [1.54, 1.807) is 0 Å². The summed E-state index contributed by atoms with van der Waals surface area (Å²) in [6, 6.07) is 16.0. The third kappa shape index (κ3) is 9.33. The van der Waals surface area contributed by atoms with Gasteiger partial charge in [0.25, 0.3) is 0 Å². The van der Waals surface area contributed by atoms with Crippen molar-refractivity contribution in [2.75, 3.05) is 6.54 Å². The van der Waals surface area contributed by atoms with E-state index in [0.29, 0.717) is 0 Å². The van der Waals surface area contributed by atoms with Crippen molar-refractivity contribution in [1.82, 2.24) is 10.6 Å². The Morgan fingerprint density at radius 1 is 1.00 bits per heavy atom. The van der Waals surface area contributed by atoms with Gasteiger partial charge >= 0.3 is 6.09 Å². The van der Waals surface area contributed by atoms with Crippen molar-refractivity contribution in [2.24, 2.45) is 5.73 Å². The second-order valence-corrected chi connectivity index (χ2v) is 8.97. The van der Waals surface area contributed by atoms with Crippen molar-refractivity contribution in [2.45, 2.75) is 57.8 Å². The van der Waals surface area contributed by atoms with Crippen LogP contribution in [0.3, 0.4) is 0 Å². The number of benzene rings is 2. The molecule has 0 fully saturated rings. The molecule has 8 heteroatoms. The lowest BCUT2D eigenvalue weighted by molar-refractivity contribution is -0.128. The first-order valence-corrected chi connectivity index (χ1v) is 10.9. The molecular weight excluding hydrogens is 422 g/mol. The number of carbonyl (C=O) groups is 3. The number of hydrogen-bond acceptors (Lipinski definition) is 5. The zero-order valence-corrected chi connectivity index (χ0v) is 19.3. The first kappa shape index (κ1) is 25.9. The summed E-state index contributed by atoms with van der Waals surface area (Å²) in [4.78, 5) is 35.9. The Balaban J connectivity index is 1.77. The highest BCUT2D eigenvalue weighted by Crippen LogP contribution is 2.22. The van der Waals surface area contributed by atoms with Gasteiger partial charge in [-0.2, -0.15) is 0 Å². The molecule has 0 aliphatic heterocycles. The van der Waals surface area contributed by atoms with Crippen molar-refractivity contribution in [3.8, 4) is 0 Å². The Morgan fingerprint density at radius 3 is 2.21 bits per heavy atom. The van der Waals surface area contributed by atoms with Crippen LogP contribution >= 0.6 is 0 Å². The van der Waals surface area contributed by atoms with Crippen LogP contribution in [0.1, 0.15) is 43.9 Å². The molecule has 0 bridgehead atoms. The number of alkyl carbamates (subject to hydrolysis) is 1. The molecular formula is C25H33N3O5. The standard InChI is InChI=1S/C25H33N3O5/c1-25(2,3)19-11-9-17(10-12-19)13-21(23(26)31)28-22(30)14-20(29)15-27-24(32)33-16-18-7-5-4-6-8-18/h4-12,20-21,29H,13-16H2,1-3H3,(H2,26,31)(H,27,32)(H,28,30)/t20-,21+/m1/s1. The van der Waals surface area contributed by atoms with Gasteiger partial charge in [0.2, 0.25) is 11.8 Å². The number of ether oxygens (including phenoxy) is 1. The lowest BCUT2D eigenvalue weighted by atomic mass is 9.86. The molecule has 0 radical (unpaired) electrons. The molecule has 0 saturated heterocycles. The summed E-state index contributed by atoms with van der Waals surface area (Å²) in [5, 5.41) is 15.0. The summed E-state index contributed by atoms with van der Waals surface area (Å²) in [6.45, 7) is 6.25. The minimum absolute atomic E-state index is 0.00791. The van der Waals surface area contributed by atoms with Gasteiger partial charge in [0, 0.05) is 13.0 Å². The highest BCUT2D eigenvalue weighted by atomic mass is 16.5. The molecule has 0 heterocycles. The molecule has 0 aliphatic carbocycles. The molecule has 5 N–H and O–H groups in total. The number of aliphatic hydroxyl groups excluding tert-OH is 1. The van der Waals surface area contributed by atoms with E-state index < -0.39 is 30.1 Å². The second-order valence-electron chi connectivity index (χ2n) is 8.97. The predicted molar refractivity (Wildman–Crippen MR) is 125 cm³/mol. The van der Waals surface area contributed by atoms with Crippen LogP contribution in [-0.4, -0.2) is 41.7 Å². The van der Waals surface area contributed by atoms with Gasteiger partial charge < -0.3 is 26.2 Å². The van der Waals surface area contributed by atoms with Gasteiger partial charge in [-0.3, -0.25) is 9.59 Å². The average Bonchev–Trinajstić information content (AvgIpc) is 2.76. The maximum Gasteiger partial charge on any atom is 0.407 e. The number of nitrogens with two attached hydrogens (primary N) is 1. The monoisotopic (exact) mass is 455 g/mol. The molecule has 0 unspecified atom stereocenters. The van der Waals surface area contributed by atoms with Gasteiger partial charge in [-0.15, -0.1) is 0 Å². The fraction of sp³-hybridized carbons (Fsp3) is 0.400. The number of nitrogens with one attached hydrogen (secondary N) is 2. The second kappa shape index (κ2) is 12.0. The maximum absolute atomic E-state index is 12.3. The normalized spacial score (nSPS) is 13.0. The van der Waals surface area contributed by atoms with E-state index in [9.17, 15) is 19.5 Å². The fourth-order valence-electron chi connectivity index (χ4n) is 3.11. The Bertz CT molecular complexity index is 923. The summed E-state index contributed by atoms with van der Waals surface area (Å²) >= 11 is 0. The van der Waals surface area contributed by atoms with E-state index in [-0.39, 0.29) is 31.4 Å². The van der Waals surface area contributed by atoms with Gasteiger partial charge in [-0.25, -0.2) is 4.79 Å².